The second kappa shape index (κ2) is 7.05. The van der Waals surface area contributed by atoms with Gasteiger partial charge in [0.05, 0.1) is 11.6 Å². The van der Waals surface area contributed by atoms with Crippen molar-refractivity contribution in [3.8, 4) is 5.75 Å². The lowest BCUT2D eigenvalue weighted by Crippen LogP contribution is -2.50. The average molecular weight is 401 g/mol. The summed E-state index contributed by atoms with van der Waals surface area (Å²) in [6.45, 7) is 6.40. The highest BCUT2D eigenvalue weighted by Gasteiger charge is 2.33. The Balaban J connectivity index is 1.86. The SMILES string of the molecule is CC(C)(C)C(=O)N1CCSc2nnc(COc3cc(Cl)ccc3Cl)n21. The van der Waals surface area contributed by atoms with Crippen LogP contribution in [0.4, 0.5) is 0 Å². The first kappa shape index (κ1) is 18.4. The number of thioether (sulfide) groups is 1. The molecule has 2 aromatic rings. The maximum Gasteiger partial charge on any atom is 0.246 e. The molecule has 0 N–H and O–H groups in total. The molecule has 0 unspecified atom stereocenters. The number of carbonyl (C=O) groups excluding carboxylic acids is 1. The third-order valence-electron chi connectivity index (χ3n) is 3.58. The summed E-state index contributed by atoms with van der Waals surface area (Å²) in [5, 5.41) is 11.7. The Kier molecular flexibility index (Phi) is 5.18. The number of hydrogen-bond donors (Lipinski definition) is 0. The monoisotopic (exact) mass is 400 g/mol. The van der Waals surface area contributed by atoms with Crippen molar-refractivity contribution in [2.75, 3.05) is 17.3 Å². The van der Waals surface area contributed by atoms with Crippen LogP contribution in [-0.4, -0.2) is 33.1 Å². The van der Waals surface area contributed by atoms with Gasteiger partial charge in [0.15, 0.2) is 5.82 Å². The molecular formula is C16H18Cl2N4O2S. The Morgan fingerprint density at radius 1 is 1.32 bits per heavy atom. The van der Waals surface area contributed by atoms with Gasteiger partial charge in [-0.3, -0.25) is 4.79 Å². The number of fused-ring (bicyclic) bond motifs is 1. The van der Waals surface area contributed by atoms with Crippen molar-refractivity contribution < 1.29 is 9.53 Å². The molecule has 1 aromatic carbocycles. The molecule has 0 saturated heterocycles. The van der Waals surface area contributed by atoms with Crippen LogP contribution in [0.15, 0.2) is 23.4 Å². The summed E-state index contributed by atoms with van der Waals surface area (Å²) < 4.78 is 7.49. The highest BCUT2D eigenvalue weighted by molar-refractivity contribution is 7.99. The van der Waals surface area contributed by atoms with Crippen LogP contribution >= 0.6 is 35.0 Å². The number of nitrogens with zero attached hydrogens (tertiary/aromatic N) is 4. The summed E-state index contributed by atoms with van der Waals surface area (Å²) in [4.78, 5) is 12.8. The lowest BCUT2D eigenvalue weighted by Gasteiger charge is -2.33. The van der Waals surface area contributed by atoms with Crippen LogP contribution in [0.3, 0.4) is 0 Å². The molecule has 1 aromatic heterocycles. The first-order chi connectivity index (χ1) is 11.8. The predicted molar refractivity (Wildman–Crippen MR) is 99.1 cm³/mol. The zero-order valence-electron chi connectivity index (χ0n) is 14.1. The van der Waals surface area contributed by atoms with E-state index in [4.69, 9.17) is 27.9 Å². The lowest BCUT2D eigenvalue weighted by molar-refractivity contribution is -0.127. The minimum absolute atomic E-state index is 0.0101. The Labute approximate surface area is 160 Å². The van der Waals surface area contributed by atoms with E-state index in [-0.39, 0.29) is 12.5 Å². The molecule has 1 aliphatic rings. The van der Waals surface area contributed by atoms with Crippen LogP contribution in [0.25, 0.3) is 0 Å². The molecular weight excluding hydrogens is 383 g/mol. The van der Waals surface area contributed by atoms with Crippen molar-refractivity contribution in [2.24, 2.45) is 5.41 Å². The molecule has 0 bridgehead atoms. The van der Waals surface area contributed by atoms with Crippen LogP contribution in [0.5, 0.6) is 5.75 Å². The first-order valence-electron chi connectivity index (χ1n) is 7.74. The van der Waals surface area contributed by atoms with Gasteiger partial charge < -0.3 is 4.74 Å². The van der Waals surface area contributed by atoms with Crippen molar-refractivity contribution in [3.63, 3.8) is 0 Å². The van der Waals surface area contributed by atoms with Crippen molar-refractivity contribution >= 4 is 40.9 Å². The number of rotatable bonds is 3. The largest absolute Gasteiger partial charge is 0.484 e. The number of amides is 1. The average Bonchev–Trinajstić information content (AvgIpc) is 2.97. The van der Waals surface area contributed by atoms with Gasteiger partial charge >= 0.3 is 0 Å². The molecule has 0 spiro atoms. The van der Waals surface area contributed by atoms with Gasteiger partial charge in [-0.1, -0.05) is 55.7 Å². The van der Waals surface area contributed by atoms with Gasteiger partial charge in [-0.05, 0) is 12.1 Å². The van der Waals surface area contributed by atoms with Crippen LogP contribution in [0, 0.1) is 5.41 Å². The molecule has 134 valence electrons. The molecule has 0 saturated carbocycles. The first-order valence-corrected chi connectivity index (χ1v) is 9.49. The van der Waals surface area contributed by atoms with E-state index in [9.17, 15) is 4.79 Å². The summed E-state index contributed by atoms with van der Waals surface area (Å²) in [5.74, 6) is 1.79. The van der Waals surface area contributed by atoms with Crippen molar-refractivity contribution in [1.82, 2.24) is 14.9 Å². The third-order valence-corrected chi connectivity index (χ3v) is 5.03. The fourth-order valence-electron chi connectivity index (χ4n) is 2.35. The Morgan fingerprint density at radius 2 is 2.08 bits per heavy atom. The smallest absolute Gasteiger partial charge is 0.246 e. The summed E-state index contributed by atoms with van der Waals surface area (Å²) >= 11 is 13.7. The van der Waals surface area contributed by atoms with E-state index in [1.54, 1.807) is 39.6 Å². The zero-order chi connectivity index (χ0) is 18.2. The second-order valence-electron chi connectivity index (χ2n) is 6.60. The number of halogens is 2. The highest BCUT2D eigenvalue weighted by Crippen LogP contribution is 2.30. The summed E-state index contributed by atoms with van der Waals surface area (Å²) in [6.07, 6.45) is 0. The van der Waals surface area contributed by atoms with E-state index in [2.05, 4.69) is 10.2 Å². The Morgan fingerprint density at radius 3 is 2.80 bits per heavy atom. The van der Waals surface area contributed by atoms with Gasteiger partial charge in [0, 0.05) is 22.3 Å². The predicted octanol–water partition coefficient (Wildman–Crippen LogP) is 3.78. The Bertz CT molecular complexity index is 804. The molecule has 9 heteroatoms. The molecule has 0 fully saturated rings. The minimum Gasteiger partial charge on any atom is -0.484 e. The van der Waals surface area contributed by atoms with Crippen molar-refractivity contribution in [1.29, 1.82) is 0 Å². The highest BCUT2D eigenvalue weighted by atomic mass is 35.5. The van der Waals surface area contributed by atoms with Crippen LogP contribution < -0.4 is 9.75 Å². The fourth-order valence-corrected chi connectivity index (χ4v) is 3.56. The minimum atomic E-state index is -0.502. The lowest BCUT2D eigenvalue weighted by atomic mass is 9.95. The van der Waals surface area contributed by atoms with Crippen LogP contribution in [0.1, 0.15) is 26.6 Å². The molecule has 1 aliphatic heterocycles. The molecule has 0 radical (unpaired) electrons. The van der Waals surface area contributed by atoms with E-state index >= 15 is 0 Å². The van der Waals surface area contributed by atoms with Crippen LogP contribution in [-0.2, 0) is 11.4 Å². The molecule has 3 rings (SSSR count). The van der Waals surface area contributed by atoms with Gasteiger partial charge in [0.1, 0.15) is 12.4 Å². The fraction of sp³-hybridized carbons (Fsp3) is 0.438. The van der Waals surface area contributed by atoms with Gasteiger partial charge in [-0.2, -0.15) is 0 Å². The molecule has 0 atom stereocenters. The summed E-state index contributed by atoms with van der Waals surface area (Å²) in [5.41, 5.74) is -0.502. The topological polar surface area (TPSA) is 60.3 Å². The summed E-state index contributed by atoms with van der Waals surface area (Å²) in [7, 11) is 0. The number of hydrogen-bond acceptors (Lipinski definition) is 5. The van der Waals surface area contributed by atoms with E-state index in [1.807, 2.05) is 20.8 Å². The summed E-state index contributed by atoms with van der Waals surface area (Å²) in [6, 6.07) is 5.00. The van der Waals surface area contributed by atoms with Gasteiger partial charge in [-0.25, -0.2) is 9.69 Å². The maximum absolute atomic E-state index is 12.8. The number of ether oxygens (including phenoxy) is 1. The third kappa shape index (κ3) is 3.88. The van der Waals surface area contributed by atoms with E-state index in [0.29, 0.717) is 33.3 Å². The maximum atomic E-state index is 12.8. The van der Waals surface area contributed by atoms with Gasteiger partial charge in [0.25, 0.3) is 0 Å². The molecule has 2 heterocycles. The van der Waals surface area contributed by atoms with E-state index in [0.717, 1.165) is 5.75 Å². The van der Waals surface area contributed by atoms with Crippen LogP contribution in [0.2, 0.25) is 10.0 Å². The molecule has 1 amide bonds. The Hall–Kier alpha value is -1.44. The zero-order valence-corrected chi connectivity index (χ0v) is 16.5. The number of carbonyl (C=O) groups is 1. The van der Waals surface area contributed by atoms with Crippen molar-refractivity contribution in [2.45, 2.75) is 32.5 Å². The van der Waals surface area contributed by atoms with E-state index < -0.39 is 5.41 Å². The van der Waals surface area contributed by atoms with Gasteiger partial charge in [-0.15, -0.1) is 10.2 Å². The normalized spacial score (nSPS) is 14.4. The quantitative estimate of drug-likeness (QED) is 0.784. The molecule has 0 aliphatic carbocycles. The number of benzene rings is 1. The van der Waals surface area contributed by atoms with Crippen molar-refractivity contribution in [3.05, 3.63) is 34.1 Å². The molecule has 6 nitrogen and oxygen atoms in total. The van der Waals surface area contributed by atoms with Gasteiger partial charge in [0.2, 0.25) is 11.1 Å². The number of aromatic nitrogens is 3. The second-order valence-corrected chi connectivity index (χ2v) is 8.51. The molecule has 25 heavy (non-hydrogen) atoms. The van der Waals surface area contributed by atoms with E-state index in [1.165, 1.54) is 0 Å². The standard InChI is InChI=1S/C16H18Cl2N4O2S/c1-16(2,3)14(23)21-6-7-25-15-20-19-13(22(15)21)9-24-12-8-10(17)4-5-11(12)18/h4-5,8H,6-7,9H2,1-3H3.